The first-order chi connectivity index (χ1) is 21.9. The van der Waals surface area contributed by atoms with Gasteiger partial charge in [-0.25, -0.2) is 4.79 Å². The summed E-state index contributed by atoms with van der Waals surface area (Å²) in [6, 6.07) is 24.8. The van der Waals surface area contributed by atoms with E-state index in [-0.39, 0.29) is 26.4 Å². The van der Waals surface area contributed by atoms with Gasteiger partial charge in [0, 0.05) is 42.5 Å². The number of carbonyl (C=O) groups excluding carboxylic acids is 2. The van der Waals surface area contributed by atoms with Gasteiger partial charge in [-0.15, -0.1) is 0 Å². The second-order valence-corrected chi connectivity index (χ2v) is 11.2. The number of ether oxygens (including phenoxy) is 6. The van der Waals surface area contributed by atoms with E-state index in [1.54, 1.807) is 26.4 Å². The molecule has 0 aliphatic heterocycles. The SMILES string of the molecule is C=CC(=O)OCCOc1ccc(OCCOC(=O)C2CC3(OC)c4ccccc4C2(OC)c2ccc(Cl)cc23)c2ccccc12. The first kappa shape index (κ1) is 30.6. The minimum absolute atomic E-state index is 0.0332. The second-order valence-electron chi connectivity index (χ2n) is 10.8. The molecule has 4 aromatic rings. The van der Waals surface area contributed by atoms with E-state index in [4.69, 9.17) is 40.0 Å². The molecule has 3 aliphatic carbocycles. The van der Waals surface area contributed by atoms with E-state index in [0.717, 1.165) is 39.1 Å². The summed E-state index contributed by atoms with van der Waals surface area (Å²) < 4.78 is 35.3. The first-order valence-corrected chi connectivity index (χ1v) is 15.0. The van der Waals surface area contributed by atoms with Gasteiger partial charge in [-0.3, -0.25) is 4.79 Å². The molecule has 2 bridgehead atoms. The highest BCUT2D eigenvalue weighted by Crippen LogP contribution is 2.62. The molecule has 0 saturated carbocycles. The van der Waals surface area contributed by atoms with E-state index in [0.29, 0.717) is 22.9 Å². The van der Waals surface area contributed by atoms with Gasteiger partial charge >= 0.3 is 11.9 Å². The van der Waals surface area contributed by atoms with Gasteiger partial charge in [0.05, 0.1) is 5.92 Å². The number of esters is 2. The van der Waals surface area contributed by atoms with Crippen molar-refractivity contribution in [3.8, 4) is 11.5 Å². The zero-order valence-electron chi connectivity index (χ0n) is 25.0. The standard InChI is InChI=1S/C36H33ClO8/c1-4-33(38)44-19-17-42-31-15-16-32(25-10-6-5-9-24(25)31)43-18-20-45-34(39)30-22-35(40-2)26-11-7-8-12-27(26)36(30,41-3)28-14-13-23(37)21-29(28)35/h4-16,21,30H,1,17-20,22H2,2-3H3. The fourth-order valence-corrected chi connectivity index (χ4v) is 6.98. The number of carbonyl (C=O) groups is 2. The number of hydrogen-bond acceptors (Lipinski definition) is 8. The maximum absolute atomic E-state index is 13.9. The van der Waals surface area contributed by atoms with Crippen LogP contribution in [0.1, 0.15) is 28.7 Å². The zero-order chi connectivity index (χ0) is 31.6. The minimum atomic E-state index is -1.06. The summed E-state index contributed by atoms with van der Waals surface area (Å²) >= 11 is 6.44. The summed E-state index contributed by atoms with van der Waals surface area (Å²) in [4.78, 5) is 25.1. The average molecular weight is 629 g/mol. The summed E-state index contributed by atoms with van der Waals surface area (Å²) in [5.74, 6) is -0.323. The predicted molar refractivity (Wildman–Crippen MR) is 169 cm³/mol. The molecule has 3 aliphatic rings. The van der Waals surface area contributed by atoms with Crippen molar-refractivity contribution in [2.75, 3.05) is 40.6 Å². The van der Waals surface area contributed by atoms with Crippen LogP contribution >= 0.6 is 11.6 Å². The van der Waals surface area contributed by atoms with Crippen LogP contribution in [0.15, 0.2) is 91.5 Å². The molecule has 0 amide bonds. The molecule has 0 heterocycles. The highest BCUT2D eigenvalue weighted by molar-refractivity contribution is 6.30. The van der Waals surface area contributed by atoms with Gasteiger partial charge in [-0.2, -0.15) is 0 Å². The van der Waals surface area contributed by atoms with Gasteiger partial charge in [-0.05, 0) is 46.5 Å². The van der Waals surface area contributed by atoms with Gasteiger partial charge in [0.15, 0.2) is 0 Å². The molecule has 4 aromatic carbocycles. The molecule has 0 aromatic heterocycles. The van der Waals surface area contributed by atoms with E-state index in [1.165, 1.54) is 0 Å². The smallest absolute Gasteiger partial charge is 0.330 e. The lowest BCUT2D eigenvalue weighted by atomic mass is 9.54. The normalized spacial score (nSPS) is 21.0. The molecule has 0 saturated heterocycles. The number of halogens is 1. The number of rotatable bonds is 12. The molecule has 8 nitrogen and oxygen atoms in total. The summed E-state index contributed by atoms with van der Waals surface area (Å²) in [5.41, 5.74) is 1.61. The summed E-state index contributed by atoms with van der Waals surface area (Å²) in [6.45, 7) is 3.84. The Balaban J connectivity index is 1.17. The molecule has 0 N–H and O–H groups in total. The third-order valence-electron chi connectivity index (χ3n) is 8.70. The fraction of sp³-hybridized carbons (Fsp3) is 0.278. The molecule has 0 fully saturated rings. The van der Waals surface area contributed by atoms with E-state index in [9.17, 15) is 9.59 Å². The number of benzene rings is 4. The van der Waals surface area contributed by atoms with Crippen molar-refractivity contribution in [1.29, 1.82) is 0 Å². The number of methoxy groups -OCH3 is 2. The lowest BCUT2D eigenvalue weighted by Crippen LogP contribution is -2.58. The quantitative estimate of drug-likeness (QED) is 0.102. The highest BCUT2D eigenvalue weighted by atomic mass is 35.5. The van der Waals surface area contributed by atoms with Gasteiger partial charge in [0.25, 0.3) is 0 Å². The summed E-state index contributed by atoms with van der Waals surface area (Å²) in [7, 11) is 3.27. The molecule has 0 radical (unpaired) electrons. The van der Waals surface area contributed by atoms with Gasteiger partial charge in [-0.1, -0.05) is 72.8 Å². The molecule has 7 rings (SSSR count). The third kappa shape index (κ3) is 5.13. The Bertz CT molecular complexity index is 1770. The van der Waals surface area contributed by atoms with Crippen LogP contribution in [-0.4, -0.2) is 52.6 Å². The van der Waals surface area contributed by atoms with Crippen molar-refractivity contribution in [3.63, 3.8) is 0 Å². The Labute approximate surface area is 266 Å². The summed E-state index contributed by atoms with van der Waals surface area (Å²) in [6.07, 6.45) is 1.44. The van der Waals surface area contributed by atoms with Gasteiger partial charge in [0.1, 0.15) is 49.1 Å². The highest BCUT2D eigenvalue weighted by Gasteiger charge is 2.64. The van der Waals surface area contributed by atoms with E-state index in [1.807, 2.05) is 66.7 Å². The van der Waals surface area contributed by atoms with Crippen LogP contribution in [0.25, 0.3) is 10.8 Å². The topological polar surface area (TPSA) is 89.5 Å². The zero-order valence-corrected chi connectivity index (χ0v) is 25.8. The first-order valence-electron chi connectivity index (χ1n) is 14.6. The molecule has 9 heteroatoms. The maximum atomic E-state index is 13.9. The van der Waals surface area contributed by atoms with Crippen LogP contribution in [0.2, 0.25) is 5.02 Å². The number of hydrogen-bond donors (Lipinski definition) is 0. The molecule has 3 atom stereocenters. The van der Waals surface area contributed by atoms with Crippen molar-refractivity contribution < 1.29 is 38.0 Å². The lowest BCUT2D eigenvalue weighted by molar-refractivity contribution is -0.173. The van der Waals surface area contributed by atoms with E-state index in [2.05, 4.69) is 6.58 Å². The van der Waals surface area contributed by atoms with Crippen molar-refractivity contribution in [1.82, 2.24) is 0 Å². The average Bonchev–Trinajstić information content (AvgIpc) is 3.08. The van der Waals surface area contributed by atoms with Crippen molar-refractivity contribution >= 4 is 34.3 Å². The van der Waals surface area contributed by atoms with Gasteiger partial charge < -0.3 is 28.4 Å². The van der Waals surface area contributed by atoms with Crippen LogP contribution in [0.3, 0.4) is 0 Å². The Morgan fingerprint density at radius 1 is 0.778 bits per heavy atom. The van der Waals surface area contributed by atoms with Crippen molar-refractivity contribution in [3.05, 3.63) is 119 Å². The second kappa shape index (κ2) is 12.6. The predicted octanol–water partition coefficient (Wildman–Crippen LogP) is 6.34. The maximum Gasteiger partial charge on any atom is 0.330 e. The van der Waals surface area contributed by atoms with Crippen LogP contribution in [0, 0.1) is 5.92 Å². The van der Waals surface area contributed by atoms with Gasteiger partial charge in [0.2, 0.25) is 0 Å². The van der Waals surface area contributed by atoms with Crippen molar-refractivity contribution in [2.24, 2.45) is 5.92 Å². The molecule has 232 valence electrons. The molecule has 45 heavy (non-hydrogen) atoms. The Morgan fingerprint density at radius 2 is 1.38 bits per heavy atom. The van der Waals surface area contributed by atoms with E-state index >= 15 is 0 Å². The molecular formula is C36H33ClO8. The minimum Gasteiger partial charge on any atom is -0.489 e. The van der Waals surface area contributed by atoms with Crippen LogP contribution < -0.4 is 9.47 Å². The number of fused-ring (bicyclic) bond motifs is 2. The third-order valence-corrected chi connectivity index (χ3v) is 8.93. The van der Waals surface area contributed by atoms with E-state index < -0.39 is 29.1 Å². The van der Waals surface area contributed by atoms with Crippen LogP contribution in [0.4, 0.5) is 0 Å². The fourth-order valence-electron chi connectivity index (χ4n) is 6.81. The Kier molecular flexibility index (Phi) is 8.55. The van der Waals surface area contributed by atoms with Crippen LogP contribution in [-0.2, 0) is 39.7 Å². The summed E-state index contributed by atoms with van der Waals surface area (Å²) in [5, 5.41) is 2.25. The Morgan fingerprint density at radius 3 is 2.00 bits per heavy atom. The molecular weight excluding hydrogens is 596 g/mol. The largest absolute Gasteiger partial charge is 0.489 e. The molecule has 0 spiro atoms. The van der Waals surface area contributed by atoms with Crippen molar-refractivity contribution in [2.45, 2.75) is 17.6 Å². The Hall–Kier alpha value is -4.37. The molecule has 3 unspecified atom stereocenters. The monoisotopic (exact) mass is 628 g/mol. The van der Waals surface area contributed by atoms with Crippen LogP contribution in [0.5, 0.6) is 11.5 Å². The lowest BCUT2D eigenvalue weighted by Gasteiger charge is -2.56.